The highest BCUT2D eigenvalue weighted by molar-refractivity contribution is 7.99. The van der Waals surface area contributed by atoms with Crippen molar-refractivity contribution in [3.05, 3.63) is 41.1 Å². The van der Waals surface area contributed by atoms with Gasteiger partial charge >= 0.3 is 0 Å². The zero-order valence-electron chi connectivity index (χ0n) is 14.5. The third-order valence-corrected chi connectivity index (χ3v) is 4.54. The first-order valence-corrected chi connectivity index (χ1v) is 8.72. The van der Waals surface area contributed by atoms with Crippen molar-refractivity contribution in [2.24, 2.45) is 7.05 Å². The molecular formula is C16H19N7OS. The van der Waals surface area contributed by atoms with Gasteiger partial charge in [-0.1, -0.05) is 29.5 Å². The minimum Gasteiger partial charge on any atom is -0.310 e. The predicted molar refractivity (Wildman–Crippen MR) is 95.9 cm³/mol. The molecule has 0 spiro atoms. The molecule has 0 atom stereocenters. The molecule has 0 aliphatic carbocycles. The van der Waals surface area contributed by atoms with Crippen LogP contribution in [-0.2, 0) is 11.8 Å². The summed E-state index contributed by atoms with van der Waals surface area (Å²) in [5.41, 5.74) is 4.00. The highest BCUT2D eigenvalue weighted by Gasteiger charge is 2.14. The monoisotopic (exact) mass is 357 g/mol. The van der Waals surface area contributed by atoms with E-state index < -0.39 is 0 Å². The zero-order chi connectivity index (χ0) is 18.0. The Morgan fingerprint density at radius 1 is 1.24 bits per heavy atom. The molecule has 2 aromatic heterocycles. The van der Waals surface area contributed by atoms with E-state index in [2.05, 4.69) is 32.0 Å². The lowest BCUT2D eigenvalue weighted by Gasteiger charge is -2.08. The van der Waals surface area contributed by atoms with Crippen LogP contribution in [0.25, 0.3) is 5.69 Å². The Hall–Kier alpha value is -2.68. The largest absolute Gasteiger partial charge is 0.310 e. The van der Waals surface area contributed by atoms with Gasteiger partial charge < -0.3 is 5.32 Å². The maximum absolute atomic E-state index is 12.2. The van der Waals surface area contributed by atoms with E-state index in [1.54, 1.807) is 16.4 Å². The van der Waals surface area contributed by atoms with Crippen molar-refractivity contribution < 1.29 is 4.79 Å². The zero-order valence-corrected chi connectivity index (χ0v) is 15.3. The van der Waals surface area contributed by atoms with E-state index in [9.17, 15) is 4.79 Å². The molecule has 1 aromatic carbocycles. The van der Waals surface area contributed by atoms with Crippen molar-refractivity contribution in [2.75, 3.05) is 11.1 Å². The van der Waals surface area contributed by atoms with Gasteiger partial charge in [0, 0.05) is 13.1 Å². The second-order valence-electron chi connectivity index (χ2n) is 5.79. The van der Waals surface area contributed by atoms with Crippen LogP contribution in [0.1, 0.15) is 16.8 Å². The average molecular weight is 357 g/mol. The lowest BCUT2D eigenvalue weighted by molar-refractivity contribution is -0.113. The molecule has 1 amide bonds. The Bertz CT molecular complexity index is 915. The number of aryl methyl sites for hydroxylation is 4. The molecule has 0 bridgehead atoms. The SMILES string of the molecule is Cc1ccc(-n2nnnc2SCC(=O)Nc2cc(C)nn2C)c(C)c1. The van der Waals surface area contributed by atoms with Gasteiger partial charge in [-0.2, -0.15) is 9.78 Å². The summed E-state index contributed by atoms with van der Waals surface area (Å²) >= 11 is 1.29. The van der Waals surface area contributed by atoms with Gasteiger partial charge in [0.2, 0.25) is 11.1 Å². The number of hydrogen-bond donors (Lipinski definition) is 1. The Morgan fingerprint density at radius 3 is 2.72 bits per heavy atom. The number of hydrogen-bond acceptors (Lipinski definition) is 6. The first kappa shape index (κ1) is 17.2. The molecule has 1 N–H and O–H groups in total. The van der Waals surface area contributed by atoms with Crippen molar-refractivity contribution in [1.82, 2.24) is 30.0 Å². The van der Waals surface area contributed by atoms with Crippen LogP contribution in [0.5, 0.6) is 0 Å². The number of rotatable bonds is 5. The third-order valence-electron chi connectivity index (χ3n) is 3.62. The predicted octanol–water partition coefficient (Wildman–Crippen LogP) is 2.05. The summed E-state index contributed by atoms with van der Waals surface area (Å²) in [6, 6.07) is 7.88. The van der Waals surface area contributed by atoms with Gasteiger partial charge in [-0.05, 0) is 42.8 Å². The number of anilines is 1. The van der Waals surface area contributed by atoms with Crippen LogP contribution in [0, 0.1) is 20.8 Å². The van der Waals surface area contributed by atoms with Crippen LogP contribution >= 0.6 is 11.8 Å². The fourth-order valence-electron chi connectivity index (χ4n) is 2.50. The van der Waals surface area contributed by atoms with Gasteiger partial charge in [-0.3, -0.25) is 9.48 Å². The second kappa shape index (κ2) is 7.06. The molecule has 8 nitrogen and oxygen atoms in total. The summed E-state index contributed by atoms with van der Waals surface area (Å²) in [6.45, 7) is 5.93. The maximum Gasteiger partial charge on any atom is 0.235 e. The normalized spacial score (nSPS) is 10.9. The second-order valence-corrected chi connectivity index (χ2v) is 6.74. The summed E-state index contributed by atoms with van der Waals surface area (Å²) in [5.74, 6) is 0.732. The highest BCUT2D eigenvalue weighted by atomic mass is 32.2. The van der Waals surface area contributed by atoms with Crippen LogP contribution in [0.4, 0.5) is 5.82 Å². The number of aromatic nitrogens is 6. The minimum absolute atomic E-state index is 0.136. The van der Waals surface area contributed by atoms with Gasteiger partial charge in [0.1, 0.15) is 5.82 Å². The van der Waals surface area contributed by atoms with Crippen molar-refractivity contribution in [3.63, 3.8) is 0 Å². The minimum atomic E-state index is -0.136. The van der Waals surface area contributed by atoms with Gasteiger partial charge in [-0.15, -0.1) is 5.10 Å². The molecule has 0 aliphatic rings. The van der Waals surface area contributed by atoms with E-state index in [-0.39, 0.29) is 11.7 Å². The number of nitrogens with zero attached hydrogens (tertiary/aromatic N) is 6. The molecule has 2 heterocycles. The topological polar surface area (TPSA) is 90.5 Å². The van der Waals surface area contributed by atoms with Gasteiger partial charge in [0.05, 0.1) is 17.1 Å². The molecule has 25 heavy (non-hydrogen) atoms. The fourth-order valence-corrected chi connectivity index (χ4v) is 3.18. The summed E-state index contributed by atoms with van der Waals surface area (Å²) < 4.78 is 3.29. The Morgan fingerprint density at radius 2 is 2.04 bits per heavy atom. The van der Waals surface area contributed by atoms with E-state index >= 15 is 0 Å². The first-order valence-electron chi connectivity index (χ1n) is 7.73. The lowest BCUT2D eigenvalue weighted by atomic mass is 10.1. The molecule has 0 fully saturated rings. The molecule has 130 valence electrons. The standard InChI is InChI=1S/C16H19N7OS/c1-10-5-6-13(11(2)7-10)23-16(18-20-21-23)25-9-15(24)17-14-8-12(3)19-22(14)4/h5-8H,9H2,1-4H3,(H,17,24). The van der Waals surface area contributed by atoms with Crippen molar-refractivity contribution >= 4 is 23.5 Å². The van der Waals surface area contributed by atoms with Crippen molar-refractivity contribution in [3.8, 4) is 5.69 Å². The molecule has 3 rings (SSSR count). The first-order chi connectivity index (χ1) is 11.9. The highest BCUT2D eigenvalue weighted by Crippen LogP contribution is 2.21. The molecule has 0 radical (unpaired) electrons. The molecule has 0 unspecified atom stereocenters. The van der Waals surface area contributed by atoms with Crippen LogP contribution in [0.3, 0.4) is 0 Å². The van der Waals surface area contributed by atoms with Crippen molar-refractivity contribution in [2.45, 2.75) is 25.9 Å². The average Bonchev–Trinajstić information content (AvgIpc) is 3.12. The van der Waals surface area contributed by atoms with Gasteiger partial charge in [0.25, 0.3) is 0 Å². The van der Waals surface area contributed by atoms with Gasteiger partial charge in [0.15, 0.2) is 0 Å². The number of thioether (sulfide) groups is 1. The fraction of sp³-hybridized carbons (Fsp3) is 0.312. The number of nitrogens with one attached hydrogen (secondary N) is 1. The number of amides is 1. The maximum atomic E-state index is 12.2. The number of carbonyl (C=O) groups is 1. The molecule has 3 aromatic rings. The van der Waals surface area contributed by atoms with E-state index in [0.29, 0.717) is 11.0 Å². The molecule has 0 saturated heterocycles. The van der Waals surface area contributed by atoms with E-state index in [1.807, 2.05) is 39.0 Å². The van der Waals surface area contributed by atoms with E-state index in [1.165, 1.54) is 17.3 Å². The van der Waals surface area contributed by atoms with Crippen LogP contribution in [-0.4, -0.2) is 41.6 Å². The van der Waals surface area contributed by atoms with Crippen LogP contribution in [0.15, 0.2) is 29.4 Å². The van der Waals surface area contributed by atoms with Crippen molar-refractivity contribution in [1.29, 1.82) is 0 Å². The molecule has 9 heteroatoms. The summed E-state index contributed by atoms with van der Waals surface area (Å²) in [6.07, 6.45) is 0. The van der Waals surface area contributed by atoms with E-state index in [4.69, 9.17) is 0 Å². The van der Waals surface area contributed by atoms with E-state index in [0.717, 1.165) is 16.9 Å². The Labute approximate surface area is 149 Å². The van der Waals surface area contributed by atoms with Gasteiger partial charge in [-0.25, -0.2) is 0 Å². The Kier molecular flexibility index (Phi) is 4.84. The quantitative estimate of drug-likeness (QED) is 0.703. The number of carbonyl (C=O) groups excluding carboxylic acids is 1. The van der Waals surface area contributed by atoms with Crippen LogP contribution < -0.4 is 5.32 Å². The summed E-state index contributed by atoms with van der Waals surface area (Å²) in [7, 11) is 1.79. The summed E-state index contributed by atoms with van der Waals surface area (Å²) in [5, 5.41) is 19.4. The summed E-state index contributed by atoms with van der Waals surface area (Å²) in [4.78, 5) is 12.2. The lowest BCUT2D eigenvalue weighted by Crippen LogP contribution is -2.17. The smallest absolute Gasteiger partial charge is 0.235 e. The van der Waals surface area contributed by atoms with Crippen LogP contribution in [0.2, 0.25) is 0 Å². The number of tetrazole rings is 1. The Balaban J connectivity index is 1.69. The number of benzene rings is 1. The molecule has 0 aliphatic heterocycles. The molecule has 0 saturated carbocycles. The third kappa shape index (κ3) is 3.87. The molecular weight excluding hydrogens is 338 g/mol.